The molecule has 2 rings (SSSR count). The van der Waals surface area contributed by atoms with Crippen molar-refractivity contribution in [3.05, 3.63) is 48.0 Å². The molecule has 18 heavy (non-hydrogen) atoms. The van der Waals surface area contributed by atoms with Gasteiger partial charge in [0.1, 0.15) is 6.10 Å². The summed E-state index contributed by atoms with van der Waals surface area (Å²) in [6, 6.07) is 14.2. The van der Waals surface area contributed by atoms with Crippen molar-refractivity contribution in [1.29, 1.82) is 0 Å². The molecule has 0 saturated heterocycles. The molecule has 0 bridgehead atoms. The van der Waals surface area contributed by atoms with E-state index in [0.29, 0.717) is 6.61 Å². The van der Waals surface area contributed by atoms with Crippen LogP contribution in [0.4, 0.5) is 0 Å². The van der Waals surface area contributed by atoms with E-state index in [1.54, 1.807) is 0 Å². The topological polar surface area (TPSA) is 29.5 Å². The smallest absolute Gasteiger partial charge is 0.105 e. The summed E-state index contributed by atoms with van der Waals surface area (Å²) in [5.74, 6) is 0. The molecular formula is C16H20O2. The third kappa shape index (κ3) is 2.71. The van der Waals surface area contributed by atoms with Gasteiger partial charge in [-0.25, -0.2) is 0 Å². The van der Waals surface area contributed by atoms with Gasteiger partial charge in [-0.05, 0) is 35.7 Å². The SMILES string of the molecule is CCOC(CC)C(O)c1ccc2ccccc2c1. The van der Waals surface area contributed by atoms with Gasteiger partial charge in [0.15, 0.2) is 0 Å². The highest BCUT2D eigenvalue weighted by atomic mass is 16.5. The molecule has 0 saturated carbocycles. The van der Waals surface area contributed by atoms with E-state index in [-0.39, 0.29) is 6.10 Å². The van der Waals surface area contributed by atoms with Gasteiger partial charge in [-0.3, -0.25) is 0 Å². The molecule has 0 fully saturated rings. The summed E-state index contributed by atoms with van der Waals surface area (Å²) in [5, 5.41) is 12.7. The quantitative estimate of drug-likeness (QED) is 0.869. The van der Waals surface area contributed by atoms with Crippen molar-refractivity contribution in [2.24, 2.45) is 0 Å². The second-order valence-electron chi connectivity index (χ2n) is 4.45. The molecule has 0 aliphatic rings. The number of hydrogen-bond acceptors (Lipinski definition) is 2. The fraction of sp³-hybridized carbons (Fsp3) is 0.375. The van der Waals surface area contributed by atoms with Crippen LogP contribution < -0.4 is 0 Å². The maximum atomic E-state index is 10.3. The summed E-state index contributed by atoms with van der Waals surface area (Å²) in [6.45, 7) is 4.61. The number of ether oxygens (including phenoxy) is 1. The van der Waals surface area contributed by atoms with E-state index < -0.39 is 6.10 Å². The van der Waals surface area contributed by atoms with E-state index >= 15 is 0 Å². The predicted octanol–water partition coefficient (Wildman–Crippen LogP) is 3.69. The van der Waals surface area contributed by atoms with Crippen LogP contribution in [-0.4, -0.2) is 17.8 Å². The Morgan fingerprint density at radius 1 is 1.06 bits per heavy atom. The molecule has 2 nitrogen and oxygen atoms in total. The Morgan fingerprint density at radius 2 is 1.78 bits per heavy atom. The lowest BCUT2D eigenvalue weighted by atomic mass is 9.99. The number of fused-ring (bicyclic) bond motifs is 1. The van der Waals surface area contributed by atoms with Gasteiger partial charge in [-0.15, -0.1) is 0 Å². The van der Waals surface area contributed by atoms with E-state index in [4.69, 9.17) is 4.74 Å². The van der Waals surface area contributed by atoms with Gasteiger partial charge in [0, 0.05) is 6.61 Å². The van der Waals surface area contributed by atoms with Crippen LogP contribution >= 0.6 is 0 Å². The van der Waals surface area contributed by atoms with Gasteiger partial charge in [-0.2, -0.15) is 0 Å². The van der Waals surface area contributed by atoms with Crippen LogP contribution in [0.3, 0.4) is 0 Å². The summed E-state index contributed by atoms with van der Waals surface area (Å²) in [7, 11) is 0. The average molecular weight is 244 g/mol. The Hall–Kier alpha value is -1.38. The first kappa shape index (κ1) is 13.1. The monoisotopic (exact) mass is 244 g/mol. The van der Waals surface area contributed by atoms with Crippen molar-refractivity contribution in [2.75, 3.05) is 6.61 Å². The molecule has 0 amide bonds. The van der Waals surface area contributed by atoms with Crippen molar-refractivity contribution in [1.82, 2.24) is 0 Å². The number of benzene rings is 2. The van der Waals surface area contributed by atoms with Gasteiger partial charge >= 0.3 is 0 Å². The molecule has 1 N–H and O–H groups in total. The summed E-state index contributed by atoms with van der Waals surface area (Å²) in [4.78, 5) is 0. The van der Waals surface area contributed by atoms with E-state index in [1.807, 2.05) is 44.2 Å². The minimum absolute atomic E-state index is 0.129. The normalized spacial score (nSPS) is 14.6. The molecule has 0 spiro atoms. The third-order valence-electron chi connectivity index (χ3n) is 3.25. The average Bonchev–Trinajstić information content (AvgIpc) is 2.43. The Kier molecular flexibility index (Phi) is 4.34. The van der Waals surface area contributed by atoms with E-state index in [9.17, 15) is 5.11 Å². The maximum Gasteiger partial charge on any atom is 0.105 e. The third-order valence-corrected chi connectivity index (χ3v) is 3.25. The first-order valence-corrected chi connectivity index (χ1v) is 6.54. The minimum atomic E-state index is -0.556. The summed E-state index contributed by atoms with van der Waals surface area (Å²) >= 11 is 0. The molecule has 2 unspecified atom stereocenters. The van der Waals surface area contributed by atoms with Crippen LogP contribution in [0.15, 0.2) is 42.5 Å². The molecule has 0 radical (unpaired) electrons. The molecule has 2 atom stereocenters. The molecule has 0 aliphatic carbocycles. The lowest BCUT2D eigenvalue weighted by Crippen LogP contribution is -2.21. The lowest BCUT2D eigenvalue weighted by molar-refractivity contribution is -0.0355. The zero-order valence-corrected chi connectivity index (χ0v) is 11.0. The van der Waals surface area contributed by atoms with Crippen molar-refractivity contribution < 1.29 is 9.84 Å². The molecule has 2 aromatic carbocycles. The number of aliphatic hydroxyl groups is 1. The Labute approximate surface area is 108 Å². The van der Waals surface area contributed by atoms with Crippen molar-refractivity contribution in [3.63, 3.8) is 0 Å². The Bertz CT molecular complexity index is 507. The predicted molar refractivity (Wildman–Crippen MR) is 74.6 cm³/mol. The van der Waals surface area contributed by atoms with Gasteiger partial charge in [0.2, 0.25) is 0 Å². The second-order valence-corrected chi connectivity index (χ2v) is 4.45. The molecule has 96 valence electrons. The first-order valence-electron chi connectivity index (χ1n) is 6.54. The van der Waals surface area contributed by atoms with Crippen LogP contribution in [0.5, 0.6) is 0 Å². The van der Waals surface area contributed by atoms with Gasteiger partial charge in [0.05, 0.1) is 6.10 Å². The second kappa shape index (κ2) is 5.98. The molecular weight excluding hydrogens is 224 g/mol. The number of aliphatic hydroxyl groups excluding tert-OH is 1. The highest BCUT2D eigenvalue weighted by Crippen LogP contribution is 2.25. The van der Waals surface area contributed by atoms with Crippen molar-refractivity contribution in [3.8, 4) is 0 Å². The van der Waals surface area contributed by atoms with Gasteiger partial charge in [-0.1, -0.05) is 43.3 Å². The Balaban J connectivity index is 2.29. The highest BCUT2D eigenvalue weighted by Gasteiger charge is 2.19. The first-order chi connectivity index (χ1) is 8.76. The lowest BCUT2D eigenvalue weighted by Gasteiger charge is -2.22. The standard InChI is InChI=1S/C16H20O2/c1-3-15(18-4-2)16(17)14-10-9-12-7-5-6-8-13(12)11-14/h5-11,15-17H,3-4H2,1-2H3. The van der Waals surface area contributed by atoms with Gasteiger partial charge < -0.3 is 9.84 Å². The molecule has 2 heteroatoms. The molecule has 2 aromatic rings. The van der Waals surface area contributed by atoms with Crippen LogP contribution in [-0.2, 0) is 4.74 Å². The summed E-state index contributed by atoms with van der Waals surface area (Å²) < 4.78 is 5.57. The molecule has 0 aliphatic heterocycles. The Morgan fingerprint density at radius 3 is 2.44 bits per heavy atom. The van der Waals surface area contributed by atoms with E-state index in [2.05, 4.69) is 12.1 Å². The number of rotatable bonds is 5. The minimum Gasteiger partial charge on any atom is -0.386 e. The zero-order chi connectivity index (χ0) is 13.0. The van der Waals surface area contributed by atoms with Crippen LogP contribution in [0.1, 0.15) is 31.9 Å². The van der Waals surface area contributed by atoms with E-state index in [1.165, 1.54) is 5.39 Å². The maximum absolute atomic E-state index is 10.3. The summed E-state index contributed by atoms with van der Waals surface area (Å²) in [5.41, 5.74) is 0.925. The zero-order valence-electron chi connectivity index (χ0n) is 11.0. The fourth-order valence-electron chi connectivity index (χ4n) is 2.25. The largest absolute Gasteiger partial charge is 0.386 e. The summed E-state index contributed by atoms with van der Waals surface area (Å²) in [6.07, 6.45) is 0.123. The van der Waals surface area contributed by atoms with E-state index in [0.717, 1.165) is 17.4 Å². The molecule has 0 heterocycles. The highest BCUT2D eigenvalue weighted by molar-refractivity contribution is 5.83. The van der Waals surface area contributed by atoms with Crippen molar-refractivity contribution in [2.45, 2.75) is 32.5 Å². The number of hydrogen-bond donors (Lipinski definition) is 1. The van der Waals surface area contributed by atoms with Gasteiger partial charge in [0.25, 0.3) is 0 Å². The van der Waals surface area contributed by atoms with Crippen molar-refractivity contribution >= 4 is 10.8 Å². The molecule has 0 aromatic heterocycles. The van der Waals surface area contributed by atoms with Crippen LogP contribution in [0.25, 0.3) is 10.8 Å². The van der Waals surface area contributed by atoms with Crippen LogP contribution in [0.2, 0.25) is 0 Å². The van der Waals surface area contributed by atoms with Crippen LogP contribution in [0, 0.1) is 0 Å². The fourth-order valence-corrected chi connectivity index (χ4v) is 2.25.